The molecule has 0 bridgehead atoms. The van der Waals surface area contributed by atoms with Gasteiger partial charge in [0.15, 0.2) is 5.71 Å². The second-order valence-electron chi connectivity index (χ2n) is 12.3. The van der Waals surface area contributed by atoms with E-state index in [9.17, 15) is 14.7 Å². The second-order valence-corrected chi connectivity index (χ2v) is 12.7. The molecule has 2 aromatic rings. The molecule has 9 nitrogen and oxygen atoms in total. The number of halogens is 1. The summed E-state index contributed by atoms with van der Waals surface area (Å²) in [5.41, 5.74) is 4.58. The molecule has 45 heavy (non-hydrogen) atoms. The van der Waals surface area contributed by atoms with Gasteiger partial charge in [-0.3, -0.25) is 4.79 Å². The first-order valence-corrected chi connectivity index (χ1v) is 16.6. The number of rotatable bonds is 16. The Bertz CT molecular complexity index is 1340. The van der Waals surface area contributed by atoms with Gasteiger partial charge < -0.3 is 29.5 Å². The van der Waals surface area contributed by atoms with E-state index in [1.165, 1.54) is 5.71 Å². The van der Waals surface area contributed by atoms with Gasteiger partial charge in [0.25, 0.3) is 5.91 Å². The molecule has 246 valence electrons. The average Bonchev–Trinajstić information content (AvgIpc) is 3.03. The number of carboxylic acids is 1. The SMILES string of the molecule is CN(C)c1ccc2c(c1)OC1CC(=[N+](C)C)CCC1C2c1cc(C(=O)NCCOCCOCCCCCCCl)ccc1C(=O)O. The van der Waals surface area contributed by atoms with Gasteiger partial charge in [-0.2, -0.15) is 0 Å². The Morgan fingerprint density at radius 3 is 2.47 bits per heavy atom. The molecule has 3 atom stereocenters. The second kappa shape index (κ2) is 17.0. The number of unbranched alkanes of at least 4 members (excludes halogenated alkanes) is 3. The molecule has 0 radical (unpaired) electrons. The number of carboxylic acid groups (broad SMARTS) is 1. The summed E-state index contributed by atoms with van der Waals surface area (Å²) in [7, 11) is 8.09. The zero-order chi connectivity index (χ0) is 32.3. The van der Waals surface area contributed by atoms with Crippen LogP contribution in [0.4, 0.5) is 5.69 Å². The van der Waals surface area contributed by atoms with E-state index in [0.29, 0.717) is 50.0 Å². The first kappa shape index (κ1) is 34.7. The molecule has 1 heterocycles. The van der Waals surface area contributed by atoms with Crippen molar-refractivity contribution in [2.75, 3.05) is 71.9 Å². The Hall–Kier alpha value is -3.14. The van der Waals surface area contributed by atoms with Crippen LogP contribution in [-0.4, -0.2) is 100 Å². The van der Waals surface area contributed by atoms with E-state index in [1.807, 2.05) is 31.1 Å². The van der Waals surface area contributed by atoms with Gasteiger partial charge in [-0.05, 0) is 49.1 Å². The van der Waals surface area contributed by atoms with Crippen molar-refractivity contribution >= 4 is 34.9 Å². The molecule has 1 amide bonds. The predicted octanol–water partition coefficient (Wildman–Crippen LogP) is 5.42. The fourth-order valence-corrected chi connectivity index (χ4v) is 6.53. The highest BCUT2D eigenvalue weighted by atomic mass is 35.5. The van der Waals surface area contributed by atoms with E-state index in [-0.39, 0.29) is 29.4 Å². The molecule has 4 rings (SSSR count). The lowest BCUT2D eigenvalue weighted by Crippen LogP contribution is -2.43. The van der Waals surface area contributed by atoms with Crippen LogP contribution in [0.5, 0.6) is 5.75 Å². The lowest BCUT2D eigenvalue weighted by molar-refractivity contribution is -0.468. The number of aromatic carboxylic acids is 1. The Morgan fingerprint density at radius 1 is 1.00 bits per heavy atom. The molecular formula is C35H49ClN3O6+. The molecule has 3 unspecified atom stereocenters. The summed E-state index contributed by atoms with van der Waals surface area (Å²) >= 11 is 5.70. The van der Waals surface area contributed by atoms with Crippen LogP contribution in [0.3, 0.4) is 0 Å². The Morgan fingerprint density at radius 2 is 1.76 bits per heavy atom. The maximum Gasteiger partial charge on any atom is 0.335 e. The van der Waals surface area contributed by atoms with Crippen molar-refractivity contribution in [2.24, 2.45) is 5.92 Å². The number of anilines is 1. The lowest BCUT2D eigenvalue weighted by atomic mass is 9.68. The molecule has 1 aliphatic heterocycles. The van der Waals surface area contributed by atoms with E-state index in [1.54, 1.807) is 18.2 Å². The Balaban J connectivity index is 1.46. The fraction of sp³-hybridized carbons (Fsp3) is 0.571. The number of ether oxygens (including phenoxy) is 3. The number of hydrogen-bond donors (Lipinski definition) is 2. The third kappa shape index (κ3) is 9.21. The van der Waals surface area contributed by atoms with Crippen molar-refractivity contribution in [3.8, 4) is 5.75 Å². The number of carbonyl (C=O) groups excluding carboxylic acids is 1. The average molecular weight is 643 g/mol. The van der Waals surface area contributed by atoms with Gasteiger partial charge in [0.2, 0.25) is 0 Å². The number of hydrogen-bond acceptors (Lipinski definition) is 6. The van der Waals surface area contributed by atoms with Crippen LogP contribution in [0.2, 0.25) is 0 Å². The van der Waals surface area contributed by atoms with Crippen molar-refractivity contribution in [3.05, 3.63) is 58.7 Å². The number of nitrogens with zero attached hydrogens (tertiary/aromatic N) is 2. The molecule has 2 aromatic carbocycles. The minimum atomic E-state index is -1.01. The minimum Gasteiger partial charge on any atom is -0.489 e. The predicted molar refractivity (Wildman–Crippen MR) is 178 cm³/mol. The van der Waals surface area contributed by atoms with Crippen molar-refractivity contribution < 1.29 is 33.5 Å². The number of fused-ring (bicyclic) bond motifs is 2. The highest BCUT2D eigenvalue weighted by Gasteiger charge is 2.44. The van der Waals surface area contributed by atoms with Crippen molar-refractivity contribution in [1.29, 1.82) is 0 Å². The largest absolute Gasteiger partial charge is 0.489 e. The zero-order valence-electron chi connectivity index (χ0n) is 27.1. The molecular weight excluding hydrogens is 594 g/mol. The van der Waals surface area contributed by atoms with E-state index >= 15 is 0 Å². The summed E-state index contributed by atoms with van der Waals surface area (Å²) in [6.45, 7) is 2.39. The first-order valence-electron chi connectivity index (χ1n) is 16.1. The maximum atomic E-state index is 13.2. The smallest absolute Gasteiger partial charge is 0.335 e. The van der Waals surface area contributed by atoms with Gasteiger partial charge in [0.05, 0.1) is 31.8 Å². The molecule has 10 heteroatoms. The van der Waals surface area contributed by atoms with Gasteiger partial charge in [0.1, 0.15) is 25.9 Å². The first-order chi connectivity index (χ1) is 21.7. The summed E-state index contributed by atoms with van der Waals surface area (Å²) < 4.78 is 20.0. The van der Waals surface area contributed by atoms with Gasteiger partial charge in [-0.1, -0.05) is 18.9 Å². The lowest BCUT2D eigenvalue weighted by Gasteiger charge is -2.43. The van der Waals surface area contributed by atoms with E-state index in [0.717, 1.165) is 61.9 Å². The van der Waals surface area contributed by atoms with Crippen molar-refractivity contribution in [2.45, 2.75) is 57.0 Å². The van der Waals surface area contributed by atoms with Crippen molar-refractivity contribution in [1.82, 2.24) is 5.32 Å². The van der Waals surface area contributed by atoms with Gasteiger partial charge in [0, 0.05) is 74.3 Å². The number of alkyl halides is 1. The summed E-state index contributed by atoms with van der Waals surface area (Å²) in [4.78, 5) is 27.8. The molecule has 1 fully saturated rings. The van der Waals surface area contributed by atoms with Gasteiger partial charge in [-0.25, -0.2) is 9.37 Å². The monoisotopic (exact) mass is 642 g/mol. The standard InChI is InChI=1S/C35H48ClN3O6/c1-38(2)25-10-13-28-31(22-25)45-32-23-26(39(3)4)11-14-29(32)33(28)30-21-24(9-12-27(30)35(41)42)34(40)37-16-18-44-20-19-43-17-8-6-5-7-15-36/h9-10,12-13,21-22,29,32-33H,5-8,11,14-20,23H2,1-4H3,(H-,37,40,41,42)/p+1. The number of benzene rings is 2. The highest BCUT2D eigenvalue weighted by molar-refractivity contribution is 6.17. The van der Waals surface area contributed by atoms with E-state index < -0.39 is 5.97 Å². The van der Waals surface area contributed by atoms with Gasteiger partial charge >= 0.3 is 5.97 Å². The van der Waals surface area contributed by atoms with Gasteiger partial charge in [-0.15, -0.1) is 11.6 Å². The highest BCUT2D eigenvalue weighted by Crippen LogP contribution is 2.50. The van der Waals surface area contributed by atoms with Crippen LogP contribution in [0, 0.1) is 5.92 Å². The number of amides is 1. The summed E-state index contributed by atoms with van der Waals surface area (Å²) in [6, 6.07) is 11.1. The fourth-order valence-electron chi connectivity index (χ4n) is 6.34. The van der Waals surface area contributed by atoms with Crippen molar-refractivity contribution in [3.63, 3.8) is 0 Å². The molecule has 1 aliphatic carbocycles. The van der Waals surface area contributed by atoms with E-state index in [4.69, 9.17) is 25.8 Å². The zero-order valence-corrected chi connectivity index (χ0v) is 27.9. The number of carbonyl (C=O) groups is 2. The molecule has 0 aromatic heterocycles. The maximum absolute atomic E-state index is 13.2. The minimum absolute atomic E-state index is 0.0732. The molecule has 2 N–H and O–H groups in total. The Kier molecular flexibility index (Phi) is 13.1. The van der Waals surface area contributed by atoms with E-state index in [2.05, 4.69) is 30.1 Å². The normalized spacial score (nSPS) is 18.9. The van der Waals surface area contributed by atoms with Crippen LogP contribution in [-0.2, 0) is 9.47 Å². The molecule has 1 saturated carbocycles. The van der Waals surface area contributed by atoms with Crippen LogP contribution >= 0.6 is 11.6 Å². The quantitative estimate of drug-likeness (QED) is 0.143. The molecule has 2 aliphatic rings. The topological polar surface area (TPSA) is 100 Å². The molecule has 0 saturated heterocycles. The van der Waals surface area contributed by atoms with Crippen LogP contribution in [0.25, 0.3) is 0 Å². The third-order valence-electron chi connectivity index (χ3n) is 8.82. The Labute approximate surface area is 272 Å². The van der Waals surface area contributed by atoms with Crippen LogP contribution < -0.4 is 15.0 Å². The summed E-state index contributed by atoms with van der Waals surface area (Å²) in [5, 5.41) is 13.2. The summed E-state index contributed by atoms with van der Waals surface area (Å²) in [5.74, 6) is 0.0640. The van der Waals surface area contributed by atoms with Crippen LogP contribution in [0.1, 0.15) is 82.7 Å². The number of nitrogens with one attached hydrogen (secondary N) is 1. The molecule has 0 spiro atoms. The third-order valence-corrected chi connectivity index (χ3v) is 9.09. The summed E-state index contributed by atoms with van der Waals surface area (Å²) in [6.07, 6.45) is 6.77. The van der Waals surface area contributed by atoms with Crippen LogP contribution in [0.15, 0.2) is 36.4 Å².